The van der Waals surface area contributed by atoms with Gasteiger partial charge in [0.25, 0.3) is 0 Å². The number of hydrogen-bond donors (Lipinski definition) is 0. The summed E-state index contributed by atoms with van der Waals surface area (Å²) in [5.41, 5.74) is 6.90. The summed E-state index contributed by atoms with van der Waals surface area (Å²) in [4.78, 5) is 10.7. The molecule has 4 nitrogen and oxygen atoms in total. The lowest BCUT2D eigenvalue weighted by Gasteiger charge is -2.13. The van der Waals surface area contributed by atoms with Crippen LogP contribution in [0.25, 0.3) is 93.4 Å². The van der Waals surface area contributed by atoms with Crippen molar-refractivity contribution in [3.8, 4) is 17.2 Å². The molecule has 0 aliphatic heterocycles. The van der Waals surface area contributed by atoms with Gasteiger partial charge in [-0.15, -0.1) is 0 Å². The lowest BCUT2D eigenvalue weighted by atomic mass is 10.0. The highest BCUT2D eigenvalue weighted by Gasteiger charge is 2.20. The molecule has 0 aliphatic rings. The molecule has 0 saturated heterocycles. The molecule has 4 heteroatoms. The third kappa shape index (κ3) is 3.22. The van der Waals surface area contributed by atoms with Gasteiger partial charge in [0.05, 0.1) is 22.2 Å². The molecule has 0 saturated carbocycles. The minimum Gasteiger partial charge on any atom is -0.456 e. The minimum absolute atomic E-state index is 0.660. The lowest BCUT2D eigenvalue weighted by Crippen LogP contribution is -2.03. The van der Waals surface area contributed by atoms with Gasteiger partial charge in [-0.05, 0) is 52.6 Å². The first-order valence-electron chi connectivity index (χ1n) is 14.8. The summed E-state index contributed by atoms with van der Waals surface area (Å²) in [6.07, 6.45) is 0. The van der Waals surface area contributed by atoms with Gasteiger partial charge < -0.3 is 4.42 Å². The van der Waals surface area contributed by atoms with Crippen LogP contribution in [0.1, 0.15) is 0 Å². The van der Waals surface area contributed by atoms with Crippen molar-refractivity contribution in [2.45, 2.75) is 0 Å². The monoisotopic (exact) mass is 561 g/mol. The number of hydrogen-bond acceptors (Lipinski definition) is 3. The average molecular weight is 562 g/mol. The Morgan fingerprint density at radius 2 is 1.20 bits per heavy atom. The number of para-hydroxylation sites is 2. The molecule has 0 amide bonds. The van der Waals surface area contributed by atoms with Crippen LogP contribution in [0.15, 0.2) is 144 Å². The van der Waals surface area contributed by atoms with E-state index in [-0.39, 0.29) is 0 Å². The van der Waals surface area contributed by atoms with Crippen LogP contribution in [0, 0.1) is 0 Å². The summed E-state index contributed by atoms with van der Waals surface area (Å²) in [7, 11) is 0. The highest BCUT2D eigenvalue weighted by Crippen LogP contribution is 2.40. The summed E-state index contributed by atoms with van der Waals surface area (Å²) in [6.45, 7) is 0. The Labute approximate surface area is 251 Å². The zero-order valence-corrected chi connectivity index (χ0v) is 23.5. The Kier molecular flexibility index (Phi) is 4.69. The van der Waals surface area contributed by atoms with Gasteiger partial charge in [-0.1, -0.05) is 103 Å². The fourth-order valence-electron chi connectivity index (χ4n) is 6.99. The molecule has 0 bridgehead atoms. The number of aromatic nitrogens is 3. The van der Waals surface area contributed by atoms with Crippen LogP contribution in [0.3, 0.4) is 0 Å². The zero-order valence-electron chi connectivity index (χ0n) is 23.5. The van der Waals surface area contributed by atoms with Crippen LogP contribution in [-0.4, -0.2) is 14.5 Å². The maximum Gasteiger partial charge on any atom is 0.235 e. The Hall–Kier alpha value is -6.00. The maximum atomic E-state index is 6.24. The van der Waals surface area contributed by atoms with Gasteiger partial charge >= 0.3 is 0 Å². The third-order valence-corrected chi connectivity index (χ3v) is 8.98. The van der Waals surface area contributed by atoms with Gasteiger partial charge in [0.15, 0.2) is 0 Å². The van der Waals surface area contributed by atoms with Gasteiger partial charge in [0.2, 0.25) is 5.95 Å². The van der Waals surface area contributed by atoms with Crippen molar-refractivity contribution in [3.63, 3.8) is 0 Å². The number of nitrogens with zero attached hydrogens (tertiary/aromatic N) is 3. The summed E-state index contributed by atoms with van der Waals surface area (Å²) in [5, 5.41) is 10.3. The van der Waals surface area contributed by atoms with E-state index in [2.05, 4.69) is 126 Å². The number of fused-ring (bicyclic) bond motifs is 11. The molecule has 0 N–H and O–H groups in total. The van der Waals surface area contributed by atoms with E-state index in [4.69, 9.17) is 14.4 Å². The van der Waals surface area contributed by atoms with Gasteiger partial charge in [-0.2, -0.15) is 0 Å². The van der Waals surface area contributed by atoms with Crippen molar-refractivity contribution < 1.29 is 4.42 Å². The van der Waals surface area contributed by atoms with Crippen molar-refractivity contribution in [2.24, 2.45) is 0 Å². The average Bonchev–Trinajstić information content (AvgIpc) is 3.63. The van der Waals surface area contributed by atoms with E-state index in [1.54, 1.807) is 0 Å². The lowest BCUT2D eigenvalue weighted by molar-refractivity contribution is 0.669. The van der Waals surface area contributed by atoms with E-state index in [0.717, 1.165) is 82.1 Å². The molecule has 10 rings (SSSR count). The number of furan rings is 1. The molecule has 3 aromatic heterocycles. The molecule has 0 radical (unpaired) electrons. The minimum atomic E-state index is 0.660. The molecule has 10 aromatic rings. The van der Waals surface area contributed by atoms with Gasteiger partial charge in [0, 0.05) is 37.9 Å². The standard InChI is InChI=1S/C40H23N3O/c1-2-11-25(12-3-1)38-30-20-18-24-10-4-5-13-27(24)39(30)42-40(41-38)43-33-16-8-6-14-28(33)32-23-31-26(22-34(32)43)19-21-36-37(31)29-15-7-9-17-35(29)44-36/h1-23H. The van der Waals surface area contributed by atoms with Gasteiger partial charge in [0.1, 0.15) is 11.2 Å². The van der Waals surface area contributed by atoms with E-state index in [9.17, 15) is 0 Å². The largest absolute Gasteiger partial charge is 0.456 e. The highest BCUT2D eigenvalue weighted by atomic mass is 16.3. The molecule has 7 aromatic carbocycles. The summed E-state index contributed by atoms with van der Waals surface area (Å²) >= 11 is 0. The molecule has 0 unspecified atom stereocenters. The van der Waals surface area contributed by atoms with Crippen LogP contribution in [0.4, 0.5) is 0 Å². The van der Waals surface area contributed by atoms with Crippen LogP contribution in [0.5, 0.6) is 0 Å². The van der Waals surface area contributed by atoms with E-state index in [1.807, 2.05) is 18.2 Å². The number of rotatable bonds is 2. The fourth-order valence-corrected chi connectivity index (χ4v) is 6.99. The number of benzene rings is 7. The van der Waals surface area contributed by atoms with Crippen molar-refractivity contribution in [1.82, 2.24) is 14.5 Å². The molecule has 44 heavy (non-hydrogen) atoms. The van der Waals surface area contributed by atoms with Crippen molar-refractivity contribution in [2.75, 3.05) is 0 Å². The molecule has 204 valence electrons. The van der Waals surface area contributed by atoms with Crippen LogP contribution < -0.4 is 0 Å². The Bertz CT molecular complexity index is 2770. The summed E-state index contributed by atoms with van der Waals surface area (Å²) in [6, 6.07) is 48.9. The quantitative estimate of drug-likeness (QED) is 0.197. The van der Waals surface area contributed by atoms with E-state index >= 15 is 0 Å². The van der Waals surface area contributed by atoms with Crippen molar-refractivity contribution in [1.29, 1.82) is 0 Å². The van der Waals surface area contributed by atoms with E-state index < -0.39 is 0 Å². The second kappa shape index (κ2) is 8.76. The third-order valence-electron chi connectivity index (χ3n) is 8.98. The van der Waals surface area contributed by atoms with Gasteiger partial charge in [-0.25, -0.2) is 9.97 Å². The Morgan fingerprint density at radius 3 is 2.11 bits per heavy atom. The second-order valence-electron chi connectivity index (χ2n) is 11.4. The van der Waals surface area contributed by atoms with Crippen LogP contribution in [0.2, 0.25) is 0 Å². The van der Waals surface area contributed by atoms with Crippen molar-refractivity contribution in [3.05, 3.63) is 140 Å². The zero-order chi connectivity index (χ0) is 28.8. The molecule has 0 atom stereocenters. The van der Waals surface area contributed by atoms with Crippen LogP contribution in [-0.2, 0) is 0 Å². The van der Waals surface area contributed by atoms with E-state index in [0.29, 0.717) is 5.95 Å². The van der Waals surface area contributed by atoms with Gasteiger partial charge in [-0.3, -0.25) is 4.57 Å². The van der Waals surface area contributed by atoms with Crippen LogP contribution >= 0.6 is 0 Å². The molecule has 3 heterocycles. The first kappa shape index (κ1) is 23.6. The fraction of sp³-hybridized carbons (Fsp3) is 0. The summed E-state index contributed by atoms with van der Waals surface area (Å²) in [5.74, 6) is 0.660. The molecular weight excluding hydrogens is 538 g/mol. The smallest absolute Gasteiger partial charge is 0.235 e. The summed E-state index contributed by atoms with van der Waals surface area (Å²) < 4.78 is 8.47. The molecular formula is C40H23N3O. The highest BCUT2D eigenvalue weighted by molar-refractivity contribution is 6.23. The van der Waals surface area contributed by atoms with Crippen molar-refractivity contribution >= 4 is 76.2 Å². The Morgan fingerprint density at radius 1 is 0.455 bits per heavy atom. The Balaban J connectivity index is 1.36. The predicted octanol–water partition coefficient (Wildman–Crippen LogP) is 10.6. The topological polar surface area (TPSA) is 43.9 Å². The van der Waals surface area contributed by atoms with E-state index in [1.165, 1.54) is 5.39 Å². The molecule has 0 spiro atoms. The molecule has 0 aliphatic carbocycles. The normalized spacial score (nSPS) is 12.1. The predicted molar refractivity (Wildman–Crippen MR) is 182 cm³/mol. The maximum absolute atomic E-state index is 6.24. The second-order valence-corrected chi connectivity index (χ2v) is 11.4. The first-order chi connectivity index (χ1) is 21.8. The first-order valence-corrected chi connectivity index (χ1v) is 14.8. The molecule has 0 fully saturated rings. The SMILES string of the molecule is c1ccc(-c2nc(-n3c4ccccc4c4cc5c(ccc6oc7ccccc7c65)cc43)nc3c2ccc2ccccc23)cc1.